The molecule has 0 saturated heterocycles. The molecular weight excluding hydrogens is 275 g/mol. The molecular formula is C12H8Cl2N2O2. The molecule has 2 aromatic rings. The van der Waals surface area contributed by atoms with Gasteiger partial charge in [0.15, 0.2) is 5.43 Å². The first-order chi connectivity index (χ1) is 8.56. The van der Waals surface area contributed by atoms with Gasteiger partial charge in [-0.25, -0.2) is 0 Å². The summed E-state index contributed by atoms with van der Waals surface area (Å²) in [4.78, 5) is 25.6. The first-order valence-corrected chi connectivity index (χ1v) is 5.77. The maximum absolute atomic E-state index is 11.8. The standard InChI is InChI=1S/C12H8Cl2N2O2/c13-7-1-2-10(9(14)5-7)16-12(18)11-6-8(17)3-4-15-11/h1-6H,(H,15,17)(H,16,18). The Morgan fingerprint density at radius 2 is 1.94 bits per heavy atom. The Morgan fingerprint density at radius 1 is 1.17 bits per heavy atom. The van der Waals surface area contributed by atoms with Crippen LogP contribution in [0.5, 0.6) is 0 Å². The van der Waals surface area contributed by atoms with Crippen molar-refractivity contribution >= 4 is 34.8 Å². The molecule has 2 rings (SSSR count). The highest BCUT2D eigenvalue weighted by atomic mass is 35.5. The summed E-state index contributed by atoms with van der Waals surface area (Å²) in [6.07, 6.45) is 1.40. The maximum atomic E-state index is 11.8. The van der Waals surface area contributed by atoms with E-state index in [-0.39, 0.29) is 11.1 Å². The molecule has 0 aliphatic heterocycles. The van der Waals surface area contributed by atoms with Crippen molar-refractivity contribution < 1.29 is 4.79 Å². The first-order valence-electron chi connectivity index (χ1n) is 5.01. The SMILES string of the molecule is O=C(Nc1ccc(Cl)cc1Cl)c1cc(=O)cc[nH]1. The van der Waals surface area contributed by atoms with Crippen molar-refractivity contribution in [2.45, 2.75) is 0 Å². The van der Waals surface area contributed by atoms with Gasteiger partial charge < -0.3 is 10.3 Å². The highest BCUT2D eigenvalue weighted by Gasteiger charge is 2.09. The lowest BCUT2D eigenvalue weighted by atomic mass is 10.3. The van der Waals surface area contributed by atoms with Gasteiger partial charge in [0.05, 0.1) is 10.7 Å². The van der Waals surface area contributed by atoms with Gasteiger partial charge in [0.1, 0.15) is 5.69 Å². The molecule has 92 valence electrons. The smallest absolute Gasteiger partial charge is 0.272 e. The first kappa shape index (κ1) is 12.7. The number of hydrogen-bond acceptors (Lipinski definition) is 2. The van der Waals surface area contributed by atoms with Crippen molar-refractivity contribution in [3.63, 3.8) is 0 Å². The van der Waals surface area contributed by atoms with Crippen molar-refractivity contribution in [2.75, 3.05) is 5.32 Å². The van der Waals surface area contributed by atoms with Gasteiger partial charge in [-0.2, -0.15) is 0 Å². The number of nitrogens with one attached hydrogen (secondary N) is 2. The number of carbonyl (C=O) groups excluding carboxylic acids is 1. The second-order valence-corrected chi connectivity index (χ2v) is 4.36. The minimum absolute atomic E-state index is 0.161. The van der Waals surface area contributed by atoms with Crippen LogP contribution in [-0.4, -0.2) is 10.9 Å². The zero-order valence-electron chi connectivity index (χ0n) is 9.04. The molecule has 0 saturated carbocycles. The summed E-state index contributed by atoms with van der Waals surface area (Å²) in [6, 6.07) is 7.25. The average molecular weight is 283 g/mol. The normalized spacial score (nSPS) is 10.1. The number of anilines is 1. The van der Waals surface area contributed by atoms with Crippen LogP contribution in [0.1, 0.15) is 10.5 Å². The Labute approximate surface area is 113 Å². The predicted molar refractivity (Wildman–Crippen MR) is 71.5 cm³/mol. The second kappa shape index (κ2) is 5.25. The number of H-pyrrole nitrogens is 1. The third-order valence-corrected chi connectivity index (χ3v) is 2.74. The molecule has 1 aromatic carbocycles. The van der Waals surface area contributed by atoms with Crippen molar-refractivity contribution in [3.8, 4) is 0 Å². The van der Waals surface area contributed by atoms with Crippen LogP contribution in [0.15, 0.2) is 41.3 Å². The van der Waals surface area contributed by atoms with E-state index in [0.29, 0.717) is 15.7 Å². The lowest BCUT2D eigenvalue weighted by Crippen LogP contribution is -2.16. The van der Waals surface area contributed by atoms with Crippen LogP contribution in [0.3, 0.4) is 0 Å². The van der Waals surface area contributed by atoms with Crippen LogP contribution in [0.25, 0.3) is 0 Å². The summed E-state index contributed by atoms with van der Waals surface area (Å²) in [6.45, 7) is 0. The molecule has 0 bridgehead atoms. The van der Waals surface area contributed by atoms with Crippen molar-refractivity contribution in [1.82, 2.24) is 4.98 Å². The number of halogens is 2. The van der Waals surface area contributed by atoms with E-state index >= 15 is 0 Å². The zero-order chi connectivity index (χ0) is 13.1. The third kappa shape index (κ3) is 2.91. The highest BCUT2D eigenvalue weighted by molar-refractivity contribution is 6.36. The molecule has 1 aromatic heterocycles. The number of pyridine rings is 1. The summed E-state index contributed by atoms with van der Waals surface area (Å²) >= 11 is 11.7. The van der Waals surface area contributed by atoms with E-state index in [1.807, 2.05) is 0 Å². The van der Waals surface area contributed by atoms with Crippen LogP contribution in [0, 0.1) is 0 Å². The number of aromatic amines is 1. The Balaban J connectivity index is 2.24. The molecule has 4 nitrogen and oxygen atoms in total. The number of rotatable bonds is 2. The fourth-order valence-electron chi connectivity index (χ4n) is 1.36. The highest BCUT2D eigenvalue weighted by Crippen LogP contribution is 2.25. The van der Waals surface area contributed by atoms with E-state index in [4.69, 9.17) is 23.2 Å². The lowest BCUT2D eigenvalue weighted by Gasteiger charge is -2.07. The minimum atomic E-state index is -0.447. The monoisotopic (exact) mass is 282 g/mol. The van der Waals surface area contributed by atoms with Gasteiger partial charge in [-0.15, -0.1) is 0 Å². The quantitative estimate of drug-likeness (QED) is 0.890. The fourth-order valence-corrected chi connectivity index (χ4v) is 1.81. The van der Waals surface area contributed by atoms with Gasteiger partial charge in [-0.3, -0.25) is 9.59 Å². The second-order valence-electron chi connectivity index (χ2n) is 3.52. The van der Waals surface area contributed by atoms with Crippen molar-refractivity contribution in [1.29, 1.82) is 0 Å². The summed E-state index contributed by atoms with van der Waals surface area (Å²) in [7, 11) is 0. The molecule has 18 heavy (non-hydrogen) atoms. The molecule has 2 N–H and O–H groups in total. The zero-order valence-corrected chi connectivity index (χ0v) is 10.5. The van der Waals surface area contributed by atoms with E-state index in [1.54, 1.807) is 12.1 Å². The van der Waals surface area contributed by atoms with Gasteiger partial charge in [-0.05, 0) is 18.2 Å². The number of amides is 1. The molecule has 0 aliphatic carbocycles. The van der Waals surface area contributed by atoms with Crippen molar-refractivity contribution in [2.24, 2.45) is 0 Å². The molecule has 0 unspecified atom stereocenters. The molecule has 1 amide bonds. The molecule has 0 aliphatic rings. The average Bonchev–Trinajstić information content (AvgIpc) is 2.32. The van der Waals surface area contributed by atoms with Gasteiger partial charge >= 0.3 is 0 Å². The number of hydrogen-bond donors (Lipinski definition) is 2. The van der Waals surface area contributed by atoms with E-state index in [9.17, 15) is 9.59 Å². The van der Waals surface area contributed by atoms with Gasteiger partial charge in [-0.1, -0.05) is 23.2 Å². The minimum Gasteiger partial charge on any atom is -0.357 e. The number of benzene rings is 1. The predicted octanol–water partition coefficient (Wildman–Crippen LogP) is 2.93. The van der Waals surface area contributed by atoms with Crippen LogP contribution in [0.2, 0.25) is 10.0 Å². The Bertz CT molecular complexity index is 653. The lowest BCUT2D eigenvalue weighted by molar-refractivity contribution is 0.102. The summed E-state index contributed by atoms with van der Waals surface area (Å²) in [5.74, 6) is -0.447. The number of carbonyl (C=O) groups is 1. The molecule has 6 heteroatoms. The summed E-state index contributed by atoms with van der Waals surface area (Å²) in [5, 5.41) is 3.39. The fraction of sp³-hybridized carbons (Fsp3) is 0. The Kier molecular flexibility index (Phi) is 3.69. The molecule has 0 spiro atoms. The van der Waals surface area contributed by atoms with Crippen LogP contribution < -0.4 is 10.7 Å². The Morgan fingerprint density at radius 3 is 2.61 bits per heavy atom. The summed E-state index contributed by atoms with van der Waals surface area (Å²) in [5.41, 5.74) is 0.338. The maximum Gasteiger partial charge on any atom is 0.272 e. The van der Waals surface area contributed by atoms with Gasteiger partial charge in [0.25, 0.3) is 5.91 Å². The van der Waals surface area contributed by atoms with E-state index in [1.165, 1.54) is 24.4 Å². The largest absolute Gasteiger partial charge is 0.357 e. The molecule has 0 fully saturated rings. The van der Waals surface area contributed by atoms with E-state index in [2.05, 4.69) is 10.3 Å². The van der Waals surface area contributed by atoms with E-state index in [0.717, 1.165) is 0 Å². The van der Waals surface area contributed by atoms with Crippen LogP contribution >= 0.6 is 23.2 Å². The third-order valence-electron chi connectivity index (χ3n) is 2.20. The molecule has 0 radical (unpaired) electrons. The van der Waals surface area contributed by atoms with E-state index < -0.39 is 5.91 Å². The van der Waals surface area contributed by atoms with Crippen molar-refractivity contribution in [3.05, 3.63) is 62.5 Å². The molecule has 1 heterocycles. The van der Waals surface area contributed by atoms with Crippen LogP contribution in [-0.2, 0) is 0 Å². The number of aromatic nitrogens is 1. The molecule has 0 atom stereocenters. The van der Waals surface area contributed by atoms with Gasteiger partial charge in [0.2, 0.25) is 0 Å². The Hall–Kier alpha value is -1.78. The topological polar surface area (TPSA) is 62.0 Å². The van der Waals surface area contributed by atoms with Crippen LogP contribution in [0.4, 0.5) is 5.69 Å². The summed E-state index contributed by atoms with van der Waals surface area (Å²) < 4.78 is 0. The van der Waals surface area contributed by atoms with Gasteiger partial charge in [0, 0.05) is 23.4 Å².